The molecule has 0 unspecified atom stereocenters. The molecule has 2 heterocycles. The van der Waals surface area contributed by atoms with Crippen LogP contribution in [0.2, 0.25) is 0 Å². The predicted octanol–water partition coefficient (Wildman–Crippen LogP) is 3.42. The monoisotopic (exact) mass is 259 g/mol. The first-order valence-electron chi connectivity index (χ1n) is 6.11. The summed E-state index contributed by atoms with van der Waals surface area (Å²) >= 11 is 0. The number of furan rings is 2. The van der Waals surface area contributed by atoms with Crippen LogP contribution in [0.1, 0.15) is 23.0 Å². The Hall–Kier alpha value is -2.07. The molecule has 0 aliphatic heterocycles. The maximum Gasteiger partial charge on any atom is 0.145 e. The second-order valence-electron chi connectivity index (χ2n) is 4.05. The Labute approximate surface area is 112 Å². The topological polar surface area (TPSA) is 47.9 Å². The Morgan fingerprint density at radius 2 is 1.74 bits per heavy atom. The van der Waals surface area contributed by atoms with Gasteiger partial charge in [-0.1, -0.05) is 0 Å². The van der Waals surface area contributed by atoms with Gasteiger partial charge in [-0.3, -0.25) is 4.99 Å². The minimum absolute atomic E-state index is 0.613. The predicted molar refractivity (Wildman–Crippen MR) is 75.4 cm³/mol. The fourth-order valence-corrected chi connectivity index (χ4v) is 1.53. The van der Waals surface area contributed by atoms with E-state index in [2.05, 4.69) is 4.99 Å². The molecule has 2 rings (SSSR count). The lowest BCUT2D eigenvalue weighted by atomic mass is 10.3. The average molecular weight is 259 g/mol. The smallest absolute Gasteiger partial charge is 0.145 e. The van der Waals surface area contributed by atoms with E-state index >= 15 is 0 Å². The van der Waals surface area contributed by atoms with E-state index in [1.807, 2.05) is 43.3 Å². The Kier molecular flexibility index (Phi) is 4.75. The molecular formula is C15H17NO3. The lowest BCUT2D eigenvalue weighted by Gasteiger charge is -1.90. The molecule has 0 bridgehead atoms. The quantitative estimate of drug-likeness (QED) is 0.590. The maximum atomic E-state index is 5.57. The van der Waals surface area contributed by atoms with Crippen LogP contribution in [0.5, 0.6) is 0 Å². The highest BCUT2D eigenvalue weighted by Crippen LogP contribution is 2.13. The molecule has 0 fully saturated rings. The molecule has 0 N–H and O–H groups in total. The zero-order valence-electron chi connectivity index (χ0n) is 11.1. The second-order valence-corrected chi connectivity index (χ2v) is 4.05. The average Bonchev–Trinajstić information content (AvgIpc) is 3.01. The van der Waals surface area contributed by atoms with E-state index in [1.165, 1.54) is 0 Å². The van der Waals surface area contributed by atoms with Crippen molar-refractivity contribution in [1.82, 2.24) is 0 Å². The highest BCUT2D eigenvalue weighted by atomic mass is 16.5. The van der Waals surface area contributed by atoms with Crippen LogP contribution in [-0.2, 0) is 4.74 Å². The number of aryl methyl sites for hydroxylation is 1. The zero-order valence-corrected chi connectivity index (χ0v) is 11.1. The molecule has 0 atom stereocenters. The van der Waals surface area contributed by atoms with Crippen LogP contribution in [0.15, 0.2) is 38.1 Å². The molecule has 2 aromatic rings. The van der Waals surface area contributed by atoms with E-state index in [-0.39, 0.29) is 0 Å². The number of aliphatic imine (C=N–C) groups is 1. The largest absolute Gasteiger partial charge is 0.462 e. The van der Waals surface area contributed by atoms with Crippen molar-refractivity contribution in [3.63, 3.8) is 0 Å². The molecule has 19 heavy (non-hydrogen) atoms. The normalized spacial score (nSPS) is 11.9. The van der Waals surface area contributed by atoms with Crippen LogP contribution in [0.3, 0.4) is 0 Å². The summed E-state index contributed by atoms with van der Waals surface area (Å²) in [6, 6.07) is 7.62. The molecule has 0 saturated carbocycles. The van der Waals surface area contributed by atoms with Gasteiger partial charge >= 0.3 is 0 Å². The van der Waals surface area contributed by atoms with Gasteiger partial charge in [-0.25, -0.2) is 0 Å². The molecule has 0 aromatic carbocycles. The molecule has 0 radical (unpaired) electrons. The van der Waals surface area contributed by atoms with Gasteiger partial charge in [0.25, 0.3) is 0 Å². The van der Waals surface area contributed by atoms with Crippen LogP contribution >= 0.6 is 0 Å². The van der Waals surface area contributed by atoms with Crippen LogP contribution in [-0.4, -0.2) is 26.5 Å². The molecule has 0 saturated heterocycles. The first kappa shape index (κ1) is 13.4. The summed E-state index contributed by atoms with van der Waals surface area (Å²) in [5.41, 5.74) is 0. The van der Waals surface area contributed by atoms with Crippen molar-refractivity contribution in [2.24, 2.45) is 4.99 Å². The molecule has 0 aliphatic rings. The number of ether oxygens (including phenoxy) is 1. The molecule has 100 valence electrons. The van der Waals surface area contributed by atoms with Gasteiger partial charge in [-0.05, 0) is 43.3 Å². The summed E-state index contributed by atoms with van der Waals surface area (Å²) in [5.74, 6) is 3.20. The molecule has 2 aromatic heterocycles. The van der Waals surface area contributed by atoms with E-state index in [1.54, 1.807) is 13.3 Å². The van der Waals surface area contributed by atoms with E-state index in [0.717, 1.165) is 23.0 Å². The Balaban J connectivity index is 1.93. The number of rotatable bonds is 6. The van der Waals surface area contributed by atoms with Crippen LogP contribution in [0, 0.1) is 6.92 Å². The number of hydrogen-bond acceptors (Lipinski definition) is 4. The van der Waals surface area contributed by atoms with Gasteiger partial charge in [0.05, 0.1) is 19.4 Å². The minimum Gasteiger partial charge on any atom is -0.462 e. The lowest BCUT2D eigenvalue weighted by molar-refractivity contribution is 0.208. The second kappa shape index (κ2) is 6.75. The minimum atomic E-state index is 0.613. The van der Waals surface area contributed by atoms with Gasteiger partial charge in [0, 0.05) is 7.11 Å². The van der Waals surface area contributed by atoms with Crippen molar-refractivity contribution in [3.8, 4) is 0 Å². The third-order valence-corrected chi connectivity index (χ3v) is 2.46. The van der Waals surface area contributed by atoms with Crippen molar-refractivity contribution in [1.29, 1.82) is 0 Å². The van der Waals surface area contributed by atoms with Gasteiger partial charge in [-0.15, -0.1) is 0 Å². The highest BCUT2D eigenvalue weighted by molar-refractivity contribution is 5.77. The van der Waals surface area contributed by atoms with E-state index in [0.29, 0.717) is 13.2 Å². The van der Waals surface area contributed by atoms with E-state index in [9.17, 15) is 0 Å². The molecule has 4 nitrogen and oxygen atoms in total. The Bertz CT molecular complexity index is 563. The lowest BCUT2D eigenvalue weighted by Crippen LogP contribution is -1.92. The van der Waals surface area contributed by atoms with Gasteiger partial charge in [0.2, 0.25) is 0 Å². The third kappa shape index (κ3) is 4.26. The summed E-state index contributed by atoms with van der Waals surface area (Å²) in [6.45, 7) is 3.16. The molecule has 0 spiro atoms. The van der Waals surface area contributed by atoms with Gasteiger partial charge < -0.3 is 13.6 Å². The van der Waals surface area contributed by atoms with Crippen LogP contribution in [0.25, 0.3) is 12.2 Å². The van der Waals surface area contributed by atoms with Crippen LogP contribution < -0.4 is 0 Å². The van der Waals surface area contributed by atoms with Crippen molar-refractivity contribution in [3.05, 3.63) is 47.3 Å². The molecular weight excluding hydrogens is 242 g/mol. The van der Waals surface area contributed by atoms with Crippen LogP contribution in [0.4, 0.5) is 0 Å². The van der Waals surface area contributed by atoms with Gasteiger partial charge in [-0.2, -0.15) is 0 Å². The Morgan fingerprint density at radius 1 is 1.05 bits per heavy atom. The van der Waals surface area contributed by atoms with Gasteiger partial charge in [0.15, 0.2) is 0 Å². The molecule has 0 aliphatic carbocycles. The highest BCUT2D eigenvalue weighted by Gasteiger charge is 1.97. The first-order chi connectivity index (χ1) is 9.28. The van der Waals surface area contributed by atoms with Gasteiger partial charge in [0.1, 0.15) is 23.0 Å². The summed E-state index contributed by atoms with van der Waals surface area (Å²) in [5, 5.41) is 0. The summed E-state index contributed by atoms with van der Waals surface area (Å²) in [7, 11) is 1.65. The van der Waals surface area contributed by atoms with Crippen molar-refractivity contribution in [2.75, 3.05) is 20.3 Å². The summed E-state index contributed by atoms with van der Waals surface area (Å²) in [4.78, 5) is 4.18. The molecule has 4 heteroatoms. The summed E-state index contributed by atoms with van der Waals surface area (Å²) in [6.07, 6.45) is 5.44. The number of nitrogens with zero attached hydrogens (tertiary/aromatic N) is 1. The third-order valence-electron chi connectivity index (χ3n) is 2.46. The van der Waals surface area contributed by atoms with E-state index in [4.69, 9.17) is 13.6 Å². The Morgan fingerprint density at radius 3 is 2.42 bits per heavy atom. The fraction of sp³-hybridized carbons (Fsp3) is 0.267. The summed E-state index contributed by atoms with van der Waals surface area (Å²) < 4.78 is 15.9. The zero-order chi connectivity index (χ0) is 13.5. The number of methoxy groups -OCH3 is 1. The van der Waals surface area contributed by atoms with Crippen molar-refractivity contribution in [2.45, 2.75) is 6.92 Å². The fourth-order valence-electron chi connectivity index (χ4n) is 1.53. The van der Waals surface area contributed by atoms with E-state index < -0.39 is 0 Å². The standard InChI is InChI=1S/C15H17NO3/c1-12-3-4-13(18-12)5-6-14-7-8-15(19-14)11-16-9-10-17-2/h3-8,11H,9-10H2,1-2H3/b6-5+,16-11?. The van der Waals surface area contributed by atoms with Crippen molar-refractivity contribution >= 4 is 18.4 Å². The van der Waals surface area contributed by atoms with Crippen molar-refractivity contribution < 1.29 is 13.6 Å². The SMILES string of the molecule is COCCN=Cc1ccc(/C=C/c2ccc(C)o2)o1. The maximum absolute atomic E-state index is 5.57. The number of hydrogen-bond donors (Lipinski definition) is 0. The molecule has 0 amide bonds. The first-order valence-corrected chi connectivity index (χ1v) is 6.11.